The number of pyridine rings is 1. The maximum atomic E-state index is 12.4. The van der Waals surface area contributed by atoms with Crippen molar-refractivity contribution in [2.45, 2.75) is 6.54 Å². The van der Waals surface area contributed by atoms with Gasteiger partial charge in [0, 0.05) is 34.4 Å². The number of halogens is 2. The summed E-state index contributed by atoms with van der Waals surface area (Å²) in [5, 5.41) is 12.8. The third-order valence-electron chi connectivity index (χ3n) is 3.64. The third-order valence-corrected chi connectivity index (χ3v) is 4.22. The number of carbonyl (C=O) groups excluding carboxylic acids is 1. The fourth-order valence-corrected chi connectivity index (χ4v) is 2.77. The van der Waals surface area contributed by atoms with Gasteiger partial charge in [-0.05, 0) is 42.0 Å². The van der Waals surface area contributed by atoms with Crippen LogP contribution < -0.4 is 10.1 Å². The molecule has 0 saturated heterocycles. The van der Waals surface area contributed by atoms with Gasteiger partial charge in [-0.15, -0.1) is 0 Å². The topological polar surface area (TPSA) is 75.0 Å². The summed E-state index contributed by atoms with van der Waals surface area (Å²) in [7, 11) is 0. The van der Waals surface area contributed by atoms with Crippen molar-refractivity contribution in [3.63, 3.8) is 0 Å². The van der Waals surface area contributed by atoms with Crippen LogP contribution >= 0.6 is 23.2 Å². The van der Waals surface area contributed by atoms with Gasteiger partial charge >= 0.3 is 0 Å². The first-order valence-corrected chi connectivity index (χ1v) is 8.67. The van der Waals surface area contributed by atoms with Crippen molar-refractivity contribution in [2.75, 3.05) is 0 Å². The van der Waals surface area contributed by atoms with Crippen molar-refractivity contribution in [1.82, 2.24) is 10.3 Å². The summed E-state index contributed by atoms with van der Waals surface area (Å²) in [6, 6.07) is 16.9. The molecule has 1 N–H and O–H groups in total. The summed E-state index contributed by atoms with van der Waals surface area (Å²) in [5.74, 6) is 0.424. The summed E-state index contributed by atoms with van der Waals surface area (Å²) >= 11 is 12.0. The number of hydrogen-bond acceptors (Lipinski definition) is 4. The minimum Gasteiger partial charge on any atom is -0.439 e. The fraction of sp³-hybridized carbons (Fsp3) is 0.0500. The SMILES string of the molecule is N#Cc1cccc(Oc2cc(C(=O)NCc3ccc(Cl)cc3Cl)ccn2)c1. The molecule has 0 aliphatic heterocycles. The van der Waals surface area contributed by atoms with Crippen LogP contribution in [0.2, 0.25) is 10.0 Å². The lowest BCUT2D eigenvalue weighted by Gasteiger charge is -2.09. The Morgan fingerprint density at radius 1 is 1.15 bits per heavy atom. The van der Waals surface area contributed by atoms with Crippen molar-refractivity contribution in [3.05, 3.63) is 87.5 Å². The van der Waals surface area contributed by atoms with E-state index in [0.717, 1.165) is 5.56 Å². The molecule has 0 fully saturated rings. The summed E-state index contributed by atoms with van der Waals surface area (Å²) in [6.07, 6.45) is 1.48. The maximum absolute atomic E-state index is 12.4. The number of nitrogens with zero attached hydrogens (tertiary/aromatic N) is 2. The number of rotatable bonds is 5. The zero-order chi connectivity index (χ0) is 19.2. The number of hydrogen-bond donors (Lipinski definition) is 1. The Labute approximate surface area is 166 Å². The molecule has 0 spiro atoms. The van der Waals surface area contributed by atoms with Gasteiger partial charge in [0.05, 0.1) is 11.6 Å². The molecule has 1 aromatic heterocycles. The highest BCUT2D eigenvalue weighted by Crippen LogP contribution is 2.22. The molecule has 1 amide bonds. The molecule has 0 saturated carbocycles. The van der Waals surface area contributed by atoms with Gasteiger partial charge in [0.1, 0.15) is 5.75 Å². The second kappa shape index (κ2) is 8.54. The molecular weight excluding hydrogens is 385 g/mol. The molecule has 7 heteroatoms. The van der Waals surface area contributed by atoms with Crippen LogP contribution in [-0.2, 0) is 6.54 Å². The van der Waals surface area contributed by atoms with Gasteiger partial charge in [-0.3, -0.25) is 4.79 Å². The fourth-order valence-electron chi connectivity index (χ4n) is 2.30. The molecule has 1 heterocycles. The molecule has 0 radical (unpaired) electrons. The Morgan fingerprint density at radius 2 is 2.00 bits per heavy atom. The van der Waals surface area contributed by atoms with Gasteiger partial charge in [0.2, 0.25) is 5.88 Å². The van der Waals surface area contributed by atoms with Crippen LogP contribution in [0.4, 0.5) is 0 Å². The van der Waals surface area contributed by atoms with E-state index in [-0.39, 0.29) is 18.3 Å². The zero-order valence-electron chi connectivity index (χ0n) is 13.9. The lowest BCUT2D eigenvalue weighted by atomic mass is 10.2. The lowest BCUT2D eigenvalue weighted by molar-refractivity contribution is 0.0950. The van der Waals surface area contributed by atoms with E-state index in [1.165, 1.54) is 12.3 Å². The lowest BCUT2D eigenvalue weighted by Crippen LogP contribution is -2.23. The number of aromatic nitrogens is 1. The van der Waals surface area contributed by atoms with E-state index in [2.05, 4.69) is 10.3 Å². The molecular formula is C20H13Cl2N3O2. The minimum atomic E-state index is -0.293. The number of benzene rings is 2. The van der Waals surface area contributed by atoms with Gasteiger partial charge in [0.25, 0.3) is 5.91 Å². The maximum Gasteiger partial charge on any atom is 0.251 e. The second-order valence-electron chi connectivity index (χ2n) is 5.54. The van der Waals surface area contributed by atoms with Crippen LogP contribution in [0.5, 0.6) is 11.6 Å². The molecule has 134 valence electrons. The van der Waals surface area contributed by atoms with Gasteiger partial charge < -0.3 is 10.1 Å². The van der Waals surface area contributed by atoms with E-state index >= 15 is 0 Å². The molecule has 0 bridgehead atoms. The van der Waals surface area contributed by atoms with Crippen LogP contribution in [0.1, 0.15) is 21.5 Å². The second-order valence-corrected chi connectivity index (χ2v) is 6.39. The van der Waals surface area contributed by atoms with E-state index < -0.39 is 0 Å². The van der Waals surface area contributed by atoms with E-state index in [1.54, 1.807) is 48.5 Å². The average molecular weight is 398 g/mol. The first kappa shape index (κ1) is 18.7. The molecule has 0 unspecified atom stereocenters. The number of nitriles is 1. The molecule has 0 aliphatic rings. The smallest absolute Gasteiger partial charge is 0.251 e. The van der Waals surface area contributed by atoms with Crippen LogP contribution in [0.25, 0.3) is 0 Å². The Kier molecular flexibility index (Phi) is 5.92. The Morgan fingerprint density at radius 3 is 2.78 bits per heavy atom. The van der Waals surface area contributed by atoms with Gasteiger partial charge in [-0.1, -0.05) is 35.3 Å². The molecule has 3 rings (SSSR count). The average Bonchev–Trinajstić information content (AvgIpc) is 2.67. The van der Waals surface area contributed by atoms with Crippen LogP contribution in [0.15, 0.2) is 60.8 Å². The van der Waals surface area contributed by atoms with E-state index in [1.807, 2.05) is 6.07 Å². The first-order chi connectivity index (χ1) is 13.0. The van der Waals surface area contributed by atoms with Crippen LogP contribution in [0.3, 0.4) is 0 Å². The number of ether oxygens (including phenoxy) is 1. The van der Waals surface area contributed by atoms with Gasteiger partial charge in [-0.25, -0.2) is 4.98 Å². The highest BCUT2D eigenvalue weighted by Gasteiger charge is 2.10. The van der Waals surface area contributed by atoms with Gasteiger partial charge in [0.15, 0.2) is 0 Å². The highest BCUT2D eigenvalue weighted by atomic mass is 35.5. The van der Waals surface area contributed by atoms with Crippen LogP contribution in [-0.4, -0.2) is 10.9 Å². The predicted molar refractivity (Wildman–Crippen MR) is 103 cm³/mol. The van der Waals surface area contributed by atoms with Crippen molar-refractivity contribution in [3.8, 4) is 17.7 Å². The van der Waals surface area contributed by atoms with Crippen molar-refractivity contribution in [1.29, 1.82) is 5.26 Å². The number of nitrogens with one attached hydrogen (secondary N) is 1. The molecule has 2 aromatic carbocycles. The van der Waals surface area contributed by atoms with Crippen LogP contribution in [0, 0.1) is 11.3 Å². The van der Waals surface area contributed by atoms with E-state index in [9.17, 15) is 4.79 Å². The third kappa shape index (κ3) is 4.98. The largest absolute Gasteiger partial charge is 0.439 e. The Hall–Kier alpha value is -3.07. The summed E-state index contributed by atoms with van der Waals surface area (Å²) < 4.78 is 5.63. The van der Waals surface area contributed by atoms with E-state index in [4.69, 9.17) is 33.2 Å². The molecule has 5 nitrogen and oxygen atoms in total. The first-order valence-electron chi connectivity index (χ1n) is 7.91. The zero-order valence-corrected chi connectivity index (χ0v) is 15.5. The Bertz CT molecular complexity index is 1030. The van der Waals surface area contributed by atoms with Crippen molar-refractivity contribution < 1.29 is 9.53 Å². The predicted octanol–water partition coefficient (Wildman–Crippen LogP) is 4.98. The standard InChI is InChI=1S/C20H13Cl2N3O2/c21-16-5-4-15(18(22)10-16)12-25-20(26)14-6-7-24-19(9-14)27-17-3-1-2-13(8-17)11-23/h1-10H,12H2,(H,25,26). The molecule has 0 aliphatic carbocycles. The van der Waals surface area contributed by atoms with Crippen molar-refractivity contribution >= 4 is 29.1 Å². The summed E-state index contributed by atoms with van der Waals surface area (Å²) in [5.41, 5.74) is 1.62. The number of amides is 1. The summed E-state index contributed by atoms with van der Waals surface area (Å²) in [4.78, 5) is 16.5. The molecule has 27 heavy (non-hydrogen) atoms. The van der Waals surface area contributed by atoms with Gasteiger partial charge in [-0.2, -0.15) is 5.26 Å². The highest BCUT2D eigenvalue weighted by molar-refractivity contribution is 6.35. The summed E-state index contributed by atoms with van der Waals surface area (Å²) in [6.45, 7) is 0.261. The normalized spacial score (nSPS) is 10.1. The minimum absolute atomic E-state index is 0.252. The molecule has 3 aromatic rings. The Balaban J connectivity index is 1.69. The quantitative estimate of drug-likeness (QED) is 0.658. The van der Waals surface area contributed by atoms with E-state index in [0.29, 0.717) is 26.9 Å². The van der Waals surface area contributed by atoms with Crippen molar-refractivity contribution in [2.24, 2.45) is 0 Å². The number of carbonyl (C=O) groups is 1. The monoisotopic (exact) mass is 397 g/mol. The molecule has 0 atom stereocenters.